The van der Waals surface area contributed by atoms with Crippen LogP contribution in [0, 0.1) is 0 Å². The molecule has 1 aliphatic carbocycles. The summed E-state index contributed by atoms with van der Waals surface area (Å²) in [6.45, 7) is 4.67. The molecule has 0 heterocycles. The van der Waals surface area contributed by atoms with Crippen molar-refractivity contribution in [3.8, 4) is 0 Å². The Hall–Kier alpha value is -0.0400. The maximum atomic E-state index is 3.86. The number of hydrogen-bond acceptors (Lipinski definition) is 1. The molecule has 1 nitrogen and oxygen atoms in total. The molecule has 1 atom stereocenters. The van der Waals surface area contributed by atoms with Gasteiger partial charge in [0, 0.05) is 12.1 Å². The highest BCUT2D eigenvalue weighted by molar-refractivity contribution is 4.73. The maximum Gasteiger partial charge on any atom is 0.00695 e. The minimum absolute atomic E-state index is 0.733. The lowest BCUT2D eigenvalue weighted by molar-refractivity contribution is 0.346. The summed E-state index contributed by atoms with van der Waals surface area (Å²) in [4.78, 5) is 0. The van der Waals surface area contributed by atoms with Crippen LogP contribution in [0.3, 0.4) is 0 Å². The molecule has 0 aromatic heterocycles. The monoisotopic (exact) mass is 239 g/mol. The van der Waals surface area contributed by atoms with E-state index in [0.717, 1.165) is 12.1 Å². The second-order valence-corrected chi connectivity index (χ2v) is 5.96. The molecule has 0 saturated heterocycles. The van der Waals surface area contributed by atoms with Gasteiger partial charge in [-0.25, -0.2) is 0 Å². The third-order valence-corrected chi connectivity index (χ3v) is 4.12. The Bertz CT molecular complexity index is 159. The van der Waals surface area contributed by atoms with Crippen molar-refractivity contribution in [1.82, 2.24) is 5.32 Å². The van der Waals surface area contributed by atoms with Crippen LogP contribution in [0.1, 0.15) is 90.9 Å². The first kappa shape index (κ1) is 15.0. The number of unbranched alkanes of at least 4 members (excludes halogenated alkanes) is 3. The number of rotatable bonds is 7. The van der Waals surface area contributed by atoms with Gasteiger partial charge in [-0.15, -0.1) is 0 Å². The van der Waals surface area contributed by atoms with Crippen LogP contribution in [0.4, 0.5) is 0 Å². The molecule has 17 heavy (non-hydrogen) atoms. The molecule has 0 bridgehead atoms. The standard InChI is InChI=1S/C16H33N/c1-3-4-5-9-12-15(2)17-16-13-10-7-6-8-11-14-16/h15-17H,3-14H2,1-2H3. The van der Waals surface area contributed by atoms with Crippen molar-refractivity contribution in [3.63, 3.8) is 0 Å². The molecule has 1 rings (SSSR count). The molecule has 0 aliphatic heterocycles. The lowest BCUT2D eigenvalue weighted by Crippen LogP contribution is -2.36. The van der Waals surface area contributed by atoms with Crippen LogP contribution < -0.4 is 5.32 Å². The molecular weight excluding hydrogens is 206 g/mol. The van der Waals surface area contributed by atoms with Crippen molar-refractivity contribution in [2.45, 2.75) is 103 Å². The van der Waals surface area contributed by atoms with Gasteiger partial charge in [0.25, 0.3) is 0 Å². The van der Waals surface area contributed by atoms with Crippen molar-refractivity contribution in [2.75, 3.05) is 0 Å². The Balaban J connectivity index is 2.08. The molecule has 1 fully saturated rings. The van der Waals surface area contributed by atoms with E-state index in [1.165, 1.54) is 77.0 Å². The van der Waals surface area contributed by atoms with Crippen molar-refractivity contribution in [1.29, 1.82) is 0 Å². The predicted octanol–water partition coefficient (Wildman–Crippen LogP) is 5.05. The first-order chi connectivity index (χ1) is 8.33. The Morgan fingerprint density at radius 3 is 2.24 bits per heavy atom. The second kappa shape index (κ2) is 9.94. The summed E-state index contributed by atoms with van der Waals surface area (Å²) in [6.07, 6.45) is 17.1. The third kappa shape index (κ3) is 7.81. The van der Waals surface area contributed by atoms with Crippen LogP contribution in [0.5, 0.6) is 0 Å². The lowest BCUT2D eigenvalue weighted by Gasteiger charge is -2.25. The molecule has 0 amide bonds. The first-order valence-corrected chi connectivity index (χ1v) is 8.09. The van der Waals surface area contributed by atoms with Gasteiger partial charge in [-0.05, 0) is 26.2 Å². The maximum absolute atomic E-state index is 3.86. The lowest BCUT2D eigenvalue weighted by atomic mass is 9.96. The van der Waals surface area contributed by atoms with Gasteiger partial charge < -0.3 is 5.32 Å². The van der Waals surface area contributed by atoms with Crippen LogP contribution in [0.2, 0.25) is 0 Å². The quantitative estimate of drug-likeness (QED) is 0.613. The van der Waals surface area contributed by atoms with Crippen molar-refractivity contribution < 1.29 is 0 Å². The molecule has 1 heteroatoms. The van der Waals surface area contributed by atoms with Crippen molar-refractivity contribution in [2.24, 2.45) is 0 Å². The zero-order valence-corrected chi connectivity index (χ0v) is 12.1. The molecule has 0 aromatic carbocycles. The predicted molar refractivity (Wildman–Crippen MR) is 77.5 cm³/mol. The van der Waals surface area contributed by atoms with Crippen LogP contribution in [-0.2, 0) is 0 Å². The van der Waals surface area contributed by atoms with Crippen LogP contribution in [0.15, 0.2) is 0 Å². The van der Waals surface area contributed by atoms with Gasteiger partial charge in [0.1, 0.15) is 0 Å². The van der Waals surface area contributed by atoms with E-state index in [1.54, 1.807) is 0 Å². The van der Waals surface area contributed by atoms with Crippen LogP contribution >= 0.6 is 0 Å². The molecule has 1 saturated carbocycles. The third-order valence-electron chi connectivity index (χ3n) is 4.12. The Morgan fingerprint density at radius 2 is 1.59 bits per heavy atom. The summed E-state index contributed by atoms with van der Waals surface area (Å²) in [5, 5.41) is 3.86. The minimum atomic E-state index is 0.733. The summed E-state index contributed by atoms with van der Waals surface area (Å²) >= 11 is 0. The first-order valence-electron chi connectivity index (χ1n) is 8.09. The molecule has 1 unspecified atom stereocenters. The van der Waals surface area contributed by atoms with E-state index in [4.69, 9.17) is 0 Å². The fourth-order valence-electron chi connectivity index (χ4n) is 2.99. The van der Waals surface area contributed by atoms with Gasteiger partial charge in [-0.2, -0.15) is 0 Å². The highest BCUT2D eigenvalue weighted by Crippen LogP contribution is 2.18. The molecule has 102 valence electrons. The fraction of sp³-hybridized carbons (Fsp3) is 1.00. The van der Waals surface area contributed by atoms with Gasteiger partial charge in [-0.1, -0.05) is 64.7 Å². The molecule has 0 spiro atoms. The molecule has 0 radical (unpaired) electrons. The van der Waals surface area contributed by atoms with E-state index < -0.39 is 0 Å². The van der Waals surface area contributed by atoms with Gasteiger partial charge in [0.2, 0.25) is 0 Å². The van der Waals surface area contributed by atoms with Crippen LogP contribution in [-0.4, -0.2) is 12.1 Å². The summed E-state index contributed by atoms with van der Waals surface area (Å²) in [5.74, 6) is 0. The van der Waals surface area contributed by atoms with E-state index in [-0.39, 0.29) is 0 Å². The Labute approximate surface area is 109 Å². The second-order valence-electron chi connectivity index (χ2n) is 5.96. The van der Waals surface area contributed by atoms with Crippen LogP contribution in [0.25, 0.3) is 0 Å². The molecule has 1 N–H and O–H groups in total. The summed E-state index contributed by atoms with van der Waals surface area (Å²) in [6, 6.07) is 1.55. The SMILES string of the molecule is CCCCCCC(C)NC1CCCCCCC1. The highest BCUT2D eigenvalue weighted by atomic mass is 14.9. The van der Waals surface area contributed by atoms with Gasteiger partial charge in [0.05, 0.1) is 0 Å². The topological polar surface area (TPSA) is 12.0 Å². The molecule has 0 aromatic rings. The zero-order valence-electron chi connectivity index (χ0n) is 12.1. The number of nitrogens with one attached hydrogen (secondary N) is 1. The van der Waals surface area contributed by atoms with E-state index in [2.05, 4.69) is 19.2 Å². The van der Waals surface area contributed by atoms with Gasteiger partial charge in [-0.3, -0.25) is 0 Å². The smallest absolute Gasteiger partial charge is 0.00695 e. The fourth-order valence-corrected chi connectivity index (χ4v) is 2.99. The van der Waals surface area contributed by atoms with Crippen molar-refractivity contribution in [3.05, 3.63) is 0 Å². The zero-order chi connectivity index (χ0) is 12.3. The van der Waals surface area contributed by atoms with E-state index >= 15 is 0 Å². The summed E-state index contributed by atoms with van der Waals surface area (Å²) in [7, 11) is 0. The average molecular weight is 239 g/mol. The molecule has 1 aliphatic rings. The average Bonchev–Trinajstić information content (AvgIpc) is 2.28. The van der Waals surface area contributed by atoms with E-state index in [9.17, 15) is 0 Å². The Kier molecular flexibility index (Phi) is 8.78. The van der Waals surface area contributed by atoms with Gasteiger partial charge in [0.15, 0.2) is 0 Å². The van der Waals surface area contributed by atoms with Crippen molar-refractivity contribution >= 4 is 0 Å². The highest BCUT2D eigenvalue weighted by Gasteiger charge is 2.13. The minimum Gasteiger partial charge on any atom is -0.312 e. The normalized spacial score (nSPS) is 20.8. The number of hydrogen-bond donors (Lipinski definition) is 1. The molecular formula is C16H33N. The van der Waals surface area contributed by atoms with E-state index in [1.807, 2.05) is 0 Å². The Morgan fingerprint density at radius 1 is 0.941 bits per heavy atom. The van der Waals surface area contributed by atoms with E-state index in [0.29, 0.717) is 0 Å². The largest absolute Gasteiger partial charge is 0.312 e. The summed E-state index contributed by atoms with van der Waals surface area (Å²) < 4.78 is 0. The van der Waals surface area contributed by atoms with Gasteiger partial charge >= 0.3 is 0 Å². The summed E-state index contributed by atoms with van der Waals surface area (Å²) in [5.41, 5.74) is 0.